The van der Waals surface area contributed by atoms with E-state index in [4.69, 9.17) is 5.11 Å². The average Bonchev–Trinajstić information content (AvgIpc) is 2.41. The number of aliphatic hydroxyl groups is 1. The molecule has 2 atom stereocenters. The van der Waals surface area contributed by atoms with Crippen molar-refractivity contribution >= 4 is 6.03 Å². The third-order valence-electron chi connectivity index (χ3n) is 2.61. The Morgan fingerprint density at radius 3 is 2.35 bits per heavy atom. The van der Waals surface area contributed by atoms with E-state index in [0.29, 0.717) is 0 Å². The third kappa shape index (κ3) is 3.99. The molecular weight excluding hydrogens is 273 g/mol. The van der Waals surface area contributed by atoms with Gasteiger partial charge in [0.05, 0.1) is 12.6 Å². The molecule has 1 aromatic carbocycles. The summed E-state index contributed by atoms with van der Waals surface area (Å²) in [5, 5.41) is 14.0. The van der Waals surface area contributed by atoms with E-state index < -0.39 is 36.1 Å². The van der Waals surface area contributed by atoms with Gasteiger partial charge < -0.3 is 15.7 Å². The smallest absolute Gasteiger partial charge is 0.315 e. The van der Waals surface area contributed by atoms with Gasteiger partial charge in [-0.25, -0.2) is 18.0 Å². The zero-order valence-electron chi connectivity index (χ0n) is 10.8. The number of carbonyl (C=O) groups excluding carboxylic acids is 1. The number of benzene rings is 1. The van der Waals surface area contributed by atoms with Crippen molar-refractivity contribution in [2.45, 2.75) is 19.0 Å². The maximum absolute atomic E-state index is 13.1. The Kier molecular flexibility index (Phi) is 5.57. The van der Waals surface area contributed by atoms with Crippen LogP contribution >= 0.6 is 0 Å². The molecule has 3 N–H and O–H groups in total. The SMILES string of the molecule is C=CC(C)NC(=O)NC(CO)c1cc(F)c(F)c(F)c1. The maximum Gasteiger partial charge on any atom is 0.315 e. The van der Waals surface area contributed by atoms with Gasteiger partial charge in [0.15, 0.2) is 17.5 Å². The summed E-state index contributed by atoms with van der Waals surface area (Å²) in [6.45, 7) is 4.54. The lowest BCUT2D eigenvalue weighted by atomic mass is 10.1. The minimum Gasteiger partial charge on any atom is -0.394 e. The predicted octanol–water partition coefficient (Wildman–Crippen LogP) is 2.01. The lowest BCUT2D eigenvalue weighted by Gasteiger charge is -2.19. The largest absolute Gasteiger partial charge is 0.394 e. The van der Waals surface area contributed by atoms with Gasteiger partial charge in [-0.2, -0.15) is 0 Å². The second-order valence-electron chi connectivity index (χ2n) is 4.18. The zero-order valence-corrected chi connectivity index (χ0v) is 10.8. The summed E-state index contributed by atoms with van der Waals surface area (Å²) in [6, 6.07) is -0.596. The van der Waals surface area contributed by atoms with Crippen LogP contribution in [0.15, 0.2) is 24.8 Å². The van der Waals surface area contributed by atoms with Crippen LogP contribution in [0.3, 0.4) is 0 Å². The molecule has 1 rings (SSSR count). The Hall–Kier alpha value is -2.02. The van der Waals surface area contributed by atoms with Gasteiger partial charge >= 0.3 is 6.03 Å². The summed E-state index contributed by atoms with van der Waals surface area (Å²) in [5.41, 5.74) is -0.0784. The summed E-state index contributed by atoms with van der Waals surface area (Å²) in [6.07, 6.45) is 1.48. The highest BCUT2D eigenvalue weighted by Gasteiger charge is 2.19. The highest BCUT2D eigenvalue weighted by molar-refractivity contribution is 5.75. The van der Waals surface area contributed by atoms with Gasteiger partial charge in [-0.1, -0.05) is 6.08 Å². The standard InChI is InChI=1S/C13H15F3N2O2/c1-3-7(2)17-13(20)18-11(6-19)8-4-9(14)12(16)10(15)5-8/h3-5,7,11,19H,1,6H2,2H3,(H2,17,18,20). The molecular formula is C13H15F3N2O2. The van der Waals surface area contributed by atoms with Crippen LogP contribution in [0.5, 0.6) is 0 Å². The Bertz CT molecular complexity index is 485. The number of aliphatic hydroxyl groups excluding tert-OH is 1. The van der Waals surface area contributed by atoms with E-state index in [2.05, 4.69) is 17.2 Å². The first-order chi connectivity index (χ1) is 9.38. The number of rotatable bonds is 5. The van der Waals surface area contributed by atoms with E-state index in [9.17, 15) is 18.0 Å². The second-order valence-corrected chi connectivity index (χ2v) is 4.18. The van der Waals surface area contributed by atoms with Crippen molar-refractivity contribution in [3.05, 3.63) is 47.8 Å². The van der Waals surface area contributed by atoms with Gasteiger partial charge in [0.25, 0.3) is 0 Å². The van der Waals surface area contributed by atoms with Crippen LogP contribution in [0.1, 0.15) is 18.5 Å². The second kappa shape index (κ2) is 6.95. The quantitative estimate of drug-likeness (QED) is 0.573. The van der Waals surface area contributed by atoms with Gasteiger partial charge in [-0.05, 0) is 24.6 Å². The molecule has 0 aliphatic heterocycles. The number of hydrogen-bond donors (Lipinski definition) is 3. The molecule has 7 heteroatoms. The summed E-state index contributed by atoms with van der Waals surface area (Å²) in [4.78, 5) is 11.5. The lowest BCUT2D eigenvalue weighted by Crippen LogP contribution is -2.42. The van der Waals surface area contributed by atoms with Gasteiger partial charge in [0.2, 0.25) is 0 Å². The van der Waals surface area contributed by atoms with Crippen molar-refractivity contribution in [2.24, 2.45) is 0 Å². The van der Waals surface area contributed by atoms with Crippen molar-refractivity contribution < 1.29 is 23.1 Å². The minimum atomic E-state index is -1.60. The summed E-state index contributed by atoms with van der Waals surface area (Å²) in [7, 11) is 0. The number of hydrogen-bond acceptors (Lipinski definition) is 2. The molecule has 0 spiro atoms. The molecule has 0 aliphatic carbocycles. The first-order valence-electron chi connectivity index (χ1n) is 5.84. The molecule has 2 amide bonds. The molecule has 1 aromatic rings. The maximum atomic E-state index is 13.1. The van der Waals surface area contributed by atoms with Gasteiger partial charge in [-0.3, -0.25) is 0 Å². The third-order valence-corrected chi connectivity index (χ3v) is 2.61. The fourth-order valence-corrected chi connectivity index (χ4v) is 1.48. The molecule has 0 saturated carbocycles. The fourth-order valence-electron chi connectivity index (χ4n) is 1.48. The molecule has 0 radical (unpaired) electrons. The Morgan fingerprint density at radius 1 is 1.35 bits per heavy atom. The van der Waals surface area contributed by atoms with Crippen molar-refractivity contribution in [2.75, 3.05) is 6.61 Å². The van der Waals surface area contributed by atoms with Gasteiger partial charge in [0.1, 0.15) is 0 Å². The van der Waals surface area contributed by atoms with Crippen molar-refractivity contribution in [1.82, 2.24) is 10.6 Å². The van der Waals surface area contributed by atoms with Crippen molar-refractivity contribution in [3.8, 4) is 0 Å². The van der Waals surface area contributed by atoms with Crippen molar-refractivity contribution in [3.63, 3.8) is 0 Å². The van der Waals surface area contributed by atoms with Crippen LogP contribution in [0.25, 0.3) is 0 Å². The van der Waals surface area contributed by atoms with E-state index in [1.807, 2.05) is 0 Å². The van der Waals surface area contributed by atoms with E-state index in [1.54, 1.807) is 6.92 Å². The molecule has 0 aromatic heterocycles. The zero-order chi connectivity index (χ0) is 15.3. The van der Waals surface area contributed by atoms with Crippen molar-refractivity contribution in [1.29, 1.82) is 0 Å². The van der Waals surface area contributed by atoms with Crippen LogP contribution in [0, 0.1) is 17.5 Å². The Labute approximate surface area is 114 Å². The predicted molar refractivity (Wildman–Crippen MR) is 67.5 cm³/mol. The first kappa shape index (κ1) is 16.0. The topological polar surface area (TPSA) is 61.4 Å². The molecule has 110 valence electrons. The Morgan fingerprint density at radius 2 is 1.90 bits per heavy atom. The number of halogens is 3. The van der Waals surface area contributed by atoms with E-state index >= 15 is 0 Å². The lowest BCUT2D eigenvalue weighted by molar-refractivity contribution is 0.215. The minimum absolute atomic E-state index is 0.0784. The van der Waals surface area contributed by atoms with E-state index in [0.717, 1.165) is 12.1 Å². The van der Waals surface area contributed by atoms with E-state index in [1.165, 1.54) is 6.08 Å². The summed E-state index contributed by atoms with van der Waals surface area (Å²) < 4.78 is 39.0. The Balaban J connectivity index is 2.86. The number of carbonyl (C=O) groups is 1. The highest BCUT2D eigenvalue weighted by atomic mass is 19.2. The summed E-state index contributed by atoms with van der Waals surface area (Å²) in [5.74, 6) is -4.38. The van der Waals surface area contributed by atoms with Crippen LogP contribution < -0.4 is 10.6 Å². The van der Waals surface area contributed by atoms with Crippen LogP contribution in [0.2, 0.25) is 0 Å². The molecule has 4 nitrogen and oxygen atoms in total. The van der Waals surface area contributed by atoms with Crippen LogP contribution in [-0.4, -0.2) is 23.8 Å². The molecule has 0 fully saturated rings. The van der Waals surface area contributed by atoms with Crippen LogP contribution in [-0.2, 0) is 0 Å². The highest BCUT2D eigenvalue weighted by Crippen LogP contribution is 2.19. The van der Waals surface area contributed by atoms with Gasteiger partial charge in [0, 0.05) is 6.04 Å². The monoisotopic (exact) mass is 288 g/mol. The molecule has 0 aliphatic rings. The fraction of sp³-hybridized carbons (Fsp3) is 0.308. The number of nitrogens with one attached hydrogen (secondary N) is 2. The molecule has 20 heavy (non-hydrogen) atoms. The average molecular weight is 288 g/mol. The van der Waals surface area contributed by atoms with Gasteiger partial charge in [-0.15, -0.1) is 6.58 Å². The molecule has 0 bridgehead atoms. The normalized spacial score (nSPS) is 13.4. The first-order valence-corrected chi connectivity index (χ1v) is 5.84. The van der Waals surface area contributed by atoms with E-state index in [-0.39, 0.29) is 11.6 Å². The summed E-state index contributed by atoms with van der Waals surface area (Å²) >= 11 is 0. The van der Waals surface area contributed by atoms with Crippen LogP contribution in [0.4, 0.5) is 18.0 Å². The molecule has 2 unspecified atom stereocenters. The molecule has 0 heterocycles. The molecule has 0 saturated heterocycles. The number of amides is 2. The number of urea groups is 1.